The number of fused-ring (bicyclic) bond motifs is 1. The highest BCUT2D eigenvalue weighted by Crippen LogP contribution is 2.28. The minimum absolute atomic E-state index is 0.126. The largest absolute Gasteiger partial charge is 0.394 e. The highest BCUT2D eigenvalue weighted by Gasteiger charge is 2.29. The molecule has 1 amide bonds. The maximum atomic E-state index is 12.7. The lowest BCUT2D eigenvalue weighted by Gasteiger charge is -2.19. The molecule has 144 valence electrons. The molecule has 1 atom stereocenters. The third kappa shape index (κ3) is 4.10. The smallest absolute Gasteiger partial charge is 0.220 e. The molecule has 1 aliphatic carbocycles. The fourth-order valence-corrected chi connectivity index (χ4v) is 3.46. The van der Waals surface area contributed by atoms with Gasteiger partial charge in [0.25, 0.3) is 0 Å². The maximum Gasteiger partial charge on any atom is 0.220 e. The zero-order valence-corrected chi connectivity index (χ0v) is 15.8. The zero-order valence-electron chi connectivity index (χ0n) is 15.8. The van der Waals surface area contributed by atoms with Crippen molar-refractivity contribution in [3.63, 3.8) is 0 Å². The molecular formula is C23H23NO4. The number of nitrogens with one attached hydrogen (secondary N) is 1. The molecule has 0 radical (unpaired) electrons. The van der Waals surface area contributed by atoms with E-state index in [1.54, 1.807) is 31.2 Å². The second-order valence-corrected chi connectivity index (χ2v) is 6.87. The van der Waals surface area contributed by atoms with Gasteiger partial charge in [-0.25, -0.2) is 0 Å². The van der Waals surface area contributed by atoms with Crippen molar-refractivity contribution >= 4 is 17.5 Å². The van der Waals surface area contributed by atoms with E-state index in [0.717, 1.165) is 5.56 Å². The molecule has 0 fully saturated rings. The summed E-state index contributed by atoms with van der Waals surface area (Å²) in [5.41, 5.74) is 2.66. The van der Waals surface area contributed by atoms with Crippen LogP contribution in [0.3, 0.4) is 0 Å². The van der Waals surface area contributed by atoms with E-state index in [1.165, 1.54) is 0 Å². The average molecular weight is 377 g/mol. The van der Waals surface area contributed by atoms with E-state index in [0.29, 0.717) is 35.1 Å². The molecular weight excluding hydrogens is 354 g/mol. The van der Waals surface area contributed by atoms with E-state index in [4.69, 9.17) is 0 Å². The number of aliphatic hydroxyl groups excluding tert-OH is 1. The number of hydrogen-bond donors (Lipinski definition) is 2. The van der Waals surface area contributed by atoms with Crippen LogP contribution in [-0.4, -0.2) is 29.2 Å². The van der Waals surface area contributed by atoms with Crippen LogP contribution in [0.5, 0.6) is 0 Å². The number of aliphatic hydroxyl groups is 1. The SMILES string of the molecule is CC1=C(CCCC(=O)N[C@@H](CO)c2ccccc2)C(=O)c2ccccc2C1=O. The van der Waals surface area contributed by atoms with Gasteiger partial charge in [0.1, 0.15) is 0 Å². The molecule has 0 heterocycles. The van der Waals surface area contributed by atoms with Crippen molar-refractivity contribution in [2.45, 2.75) is 32.2 Å². The monoisotopic (exact) mass is 377 g/mol. The van der Waals surface area contributed by atoms with Crippen molar-refractivity contribution < 1.29 is 19.5 Å². The van der Waals surface area contributed by atoms with E-state index >= 15 is 0 Å². The van der Waals surface area contributed by atoms with Gasteiger partial charge in [-0.15, -0.1) is 0 Å². The standard InChI is InChI=1S/C23H23NO4/c1-15-17(23(28)19-11-6-5-10-18(19)22(15)27)12-7-13-21(26)24-20(14-25)16-8-3-2-4-9-16/h2-6,8-11,20,25H,7,12-14H2,1H3,(H,24,26)/t20-/m0/s1. The first-order chi connectivity index (χ1) is 13.5. The minimum atomic E-state index is -0.459. The molecule has 3 rings (SSSR count). The van der Waals surface area contributed by atoms with Crippen molar-refractivity contribution in [2.75, 3.05) is 6.61 Å². The van der Waals surface area contributed by atoms with E-state index in [1.807, 2.05) is 30.3 Å². The lowest BCUT2D eigenvalue weighted by molar-refractivity contribution is -0.122. The molecule has 0 aromatic heterocycles. The lowest BCUT2D eigenvalue weighted by Crippen LogP contribution is -2.30. The third-order valence-electron chi connectivity index (χ3n) is 5.03. The molecule has 28 heavy (non-hydrogen) atoms. The van der Waals surface area contributed by atoms with Crippen LogP contribution in [0, 0.1) is 0 Å². The van der Waals surface area contributed by atoms with E-state index in [2.05, 4.69) is 5.32 Å². The topological polar surface area (TPSA) is 83.5 Å². The van der Waals surface area contributed by atoms with Crippen LogP contribution in [0.4, 0.5) is 0 Å². The van der Waals surface area contributed by atoms with Crippen LogP contribution >= 0.6 is 0 Å². The molecule has 0 saturated carbocycles. The van der Waals surface area contributed by atoms with Gasteiger partial charge < -0.3 is 10.4 Å². The number of carbonyl (C=O) groups is 3. The molecule has 0 bridgehead atoms. The van der Waals surface area contributed by atoms with Crippen molar-refractivity contribution in [2.24, 2.45) is 0 Å². The van der Waals surface area contributed by atoms with Crippen molar-refractivity contribution in [3.8, 4) is 0 Å². The van der Waals surface area contributed by atoms with Gasteiger partial charge in [-0.05, 0) is 25.3 Å². The molecule has 1 aliphatic rings. The fraction of sp³-hybridized carbons (Fsp3) is 0.261. The van der Waals surface area contributed by atoms with Crippen LogP contribution in [0.2, 0.25) is 0 Å². The Morgan fingerprint density at radius 2 is 1.57 bits per heavy atom. The fourth-order valence-electron chi connectivity index (χ4n) is 3.46. The Bertz CT molecular complexity index is 931. The van der Waals surface area contributed by atoms with Crippen LogP contribution in [0.25, 0.3) is 0 Å². The van der Waals surface area contributed by atoms with Gasteiger partial charge in [0.05, 0.1) is 12.6 Å². The van der Waals surface area contributed by atoms with Gasteiger partial charge in [-0.3, -0.25) is 14.4 Å². The summed E-state index contributed by atoms with van der Waals surface area (Å²) >= 11 is 0. The molecule has 0 spiro atoms. The zero-order chi connectivity index (χ0) is 20.1. The summed E-state index contributed by atoms with van der Waals surface area (Å²) < 4.78 is 0. The number of hydrogen-bond acceptors (Lipinski definition) is 4. The number of Topliss-reactive ketones (excluding diaryl/α,β-unsaturated/α-hetero) is 2. The van der Waals surface area contributed by atoms with E-state index < -0.39 is 6.04 Å². The Labute approximate surface area is 164 Å². The Kier molecular flexibility index (Phi) is 6.16. The Morgan fingerprint density at radius 1 is 0.964 bits per heavy atom. The first kappa shape index (κ1) is 19.7. The summed E-state index contributed by atoms with van der Waals surface area (Å²) in [5.74, 6) is -0.458. The normalized spacial score (nSPS) is 14.6. The summed E-state index contributed by atoms with van der Waals surface area (Å²) in [6, 6.07) is 15.6. The van der Waals surface area contributed by atoms with E-state index in [9.17, 15) is 19.5 Å². The molecule has 5 nitrogen and oxygen atoms in total. The number of carbonyl (C=O) groups excluding carboxylic acids is 3. The molecule has 2 aromatic rings. The predicted octanol–water partition coefficient (Wildman–Crippen LogP) is 3.40. The summed E-state index contributed by atoms with van der Waals surface area (Å²) in [7, 11) is 0. The molecule has 0 saturated heterocycles. The Hall–Kier alpha value is -3.05. The Morgan fingerprint density at radius 3 is 2.21 bits per heavy atom. The summed E-state index contributed by atoms with van der Waals surface area (Å²) in [6.45, 7) is 1.48. The molecule has 2 aromatic carbocycles. The lowest BCUT2D eigenvalue weighted by atomic mass is 9.83. The predicted molar refractivity (Wildman–Crippen MR) is 106 cm³/mol. The van der Waals surface area contributed by atoms with Crippen LogP contribution in [0.15, 0.2) is 65.7 Å². The van der Waals surface area contributed by atoms with Gasteiger partial charge in [0.15, 0.2) is 11.6 Å². The molecule has 2 N–H and O–H groups in total. The van der Waals surface area contributed by atoms with Gasteiger partial charge in [0.2, 0.25) is 5.91 Å². The minimum Gasteiger partial charge on any atom is -0.394 e. The number of amides is 1. The van der Waals surface area contributed by atoms with Gasteiger partial charge in [-0.2, -0.15) is 0 Å². The summed E-state index contributed by atoms with van der Waals surface area (Å²) in [5, 5.41) is 12.4. The second-order valence-electron chi connectivity index (χ2n) is 6.87. The van der Waals surface area contributed by atoms with Gasteiger partial charge in [-0.1, -0.05) is 54.6 Å². The van der Waals surface area contributed by atoms with Crippen molar-refractivity contribution in [1.29, 1.82) is 0 Å². The molecule has 5 heteroatoms. The van der Waals surface area contributed by atoms with Crippen LogP contribution in [0.1, 0.15) is 58.5 Å². The molecule has 0 unspecified atom stereocenters. The number of benzene rings is 2. The highest BCUT2D eigenvalue weighted by atomic mass is 16.3. The maximum absolute atomic E-state index is 12.7. The first-order valence-corrected chi connectivity index (χ1v) is 9.36. The average Bonchev–Trinajstić information content (AvgIpc) is 2.73. The van der Waals surface area contributed by atoms with Crippen LogP contribution in [-0.2, 0) is 4.79 Å². The van der Waals surface area contributed by atoms with Crippen LogP contribution < -0.4 is 5.32 Å². The van der Waals surface area contributed by atoms with Crippen molar-refractivity contribution in [1.82, 2.24) is 5.32 Å². The number of allylic oxidation sites excluding steroid dienone is 2. The second kappa shape index (κ2) is 8.76. The van der Waals surface area contributed by atoms with Gasteiger partial charge >= 0.3 is 0 Å². The third-order valence-corrected chi connectivity index (χ3v) is 5.03. The summed E-state index contributed by atoms with van der Waals surface area (Å²) in [6.07, 6.45) is 1.03. The number of ketones is 2. The molecule has 0 aliphatic heterocycles. The van der Waals surface area contributed by atoms with Gasteiger partial charge in [0, 0.05) is 28.7 Å². The van der Waals surface area contributed by atoms with Crippen molar-refractivity contribution in [3.05, 3.63) is 82.4 Å². The van der Waals surface area contributed by atoms with E-state index in [-0.39, 0.29) is 30.5 Å². The summed E-state index contributed by atoms with van der Waals surface area (Å²) in [4.78, 5) is 37.5. The quantitative estimate of drug-likeness (QED) is 0.775. The Balaban J connectivity index is 1.60. The highest BCUT2D eigenvalue weighted by molar-refractivity contribution is 6.26. The first-order valence-electron chi connectivity index (χ1n) is 9.36. The number of rotatable bonds is 7.